The molecule has 0 unspecified atom stereocenters. The minimum atomic E-state index is -0.781. The van der Waals surface area contributed by atoms with Crippen molar-refractivity contribution in [2.24, 2.45) is 5.73 Å². The Morgan fingerprint density at radius 1 is 1.24 bits per heavy atom. The van der Waals surface area contributed by atoms with Gasteiger partial charge >= 0.3 is 5.97 Å². The van der Waals surface area contributed by atoms with Gasteiger partial charge in [0, 0.05) is 17.1 Å². The van der Waals surface area contributed by atoms with E-state index in [0.717, 1.165) is 10.9 Å². The minimum absolute atomic E-state index is 0.367. The van der Waals surface area contributed by atoms with Crippen molar-refractivity contribution in [3.63, 3.8) is 0 Å². The molecule has 0 fully saturated rings. The molecule has 0 saturated carbocycles. The number of benzene rings is 1. The molecular formula is C16H20N2O3. The molecule has 2 N–H and O–H groups in total. The van der Waals surface area contributed by atoms with Gasteiger partial charge in [0.1, 0.15) is 5.54 Å². The fraction of sp³-hybridized carbons (Fsp3) is 0.375. The van der Waals surface area contributed by atoms with E-state index < -0.39 is 11.5 Å². The molecule has 0 radical (unpaired) electrons. The van der Waals surface area contributed by atoms with Gasteiger partial charge in [-0.2, -0.15) is 0 Å². The van der Waals surface area contributed by atoms with E-state index in [2.05, 4.69) is 0 Å². The molecule has 2 rings (SSSR count). The number of hydrogen-bond donors (Lipinski definition) is 1. The minimum Gasteiger partial charge on any atom is -0.465 e. The number of primary amides is 1. The molecule has 0 atom stereocenters. The maximum Gasteiger partial charge on any atom is 0.338 e. The van der Waals surface area contributed by atoms with Gasteiger partial charge < -0.3 is 15.0 Å². The van der Waals surface area contributed by atoms with Crippen LogP contribution in [-0.4, -0.2) is 23.6 Å². The average Bonchev–Trinajstić information content (AvgIpc) is 2.92. The molecular weight excluding hydrogens is 268 g/mol. The zero-order chi connectivity index (χ0) is 15.6. The molecule has 5 nitrogen and oxygen atoms in total. The molecule has 1 aromatic heterocycles. The molecule has 1 heterocycles. The van der Waals surface area contributed by atoms with Gasteiger partial charge in [-0.1, -0.05) is 19.9 Å². The van der Waals surface area contributed by atoms with Crippen LogP contribution in [0.5, 0.6) is 0 Å². The van der Waals surface area contributed by atoms with Crippen molar-refractivity contribution in [2.45, 2.75) is 32.2 Å². The fourth-order valence-corrected chi connectivity index (χ4v) is 2.89. The van der Waals surface area contributed by atoms with Gasteiger partial charge in [0.2, 0.25) is 5.91 Å². The van der Waals surface area contributed by atoms with Crippen molar-refractivity contribution >= 4 is 22.8 Å². The normalized spacial score (nSPS) is 11.6. The predicted molar refractivity (Wildman–Crippen MR) is 81.0 cm³/mol. The van der Waals surface area contributed by atoms with Crippen LogP contribution < -0.4 is 5.73 Å². The summed E-state index contributed by atoms with van der Waals surface area (Å²) in [6, 6.07) is 7.19. The van der Waals surface area contributed by atoms with Gasteiger partial charge in [-0.05, 0) is 31.0 Å². The first kappa shape index (κ1) is 15.1. The number of rotatable bonds is 5. The summed E-state index contributed by atoms with van der Waals surface area (Å²) in [5.41, 5.74) is 6.16. The number of aromatic nitrogens is 1. The molecule has 21 heavy (non-hydrogen) atoms. The van der Waals surface area contributed by atoms with Crippen LogP contribution in [0.2, 0.25) is 0 Å². The summed E-state index contributed by atoms with van der Waals surface area (Å²) >= 11 is 0. The van der Waals surface area contributed by atoms with Gasteiger partial charge in [0.15, 0.2) is 0 Å². The van der Waals surface area contributed by atoms with Crippen molar-refractivity contribution in [1.29, 1.82) is 0 Å². The summed E-state index contributed by atoms with van der Waals surface area (Å²) in [5, 5.41) is 0.761. The van der Waals surface area contributed by atoms with Gasteiger partial charge in [-0.25, -0.2) is 4.79 Å². The number of nitrogens with zero attached hydrogens (tertiary/aromatic N) is 1. The molecule has 0 bridgehead atoms. The third-order valence-electron chi connectivity index (χ3n) is 4.23. The number of nitrogens with two attached hydrogens (primary N) is 1. The Labute approximate surface area is 123 Å². The Kier molecular flexibility index (Phi) is 4.02. The van der Waals surface area contributed by atoms with E-state index in [1.54, 1.807) is 12.1 Å². The maximum atomic E-state index is 12.0. The van der Waals surface area contributed by atoms with Crippen LogP contribution in [0.3, 0.4) is 0 Å². The second kappa shape index (κ2) is 5.60. The average molecular weight is 288 g/mol. The van der Waals surface area contributed by atoms with Gasteiger partial charge in [-0.3, -0.25) is 4.79 Å². The smallest absolute Gasteiger partial charge is 0.338 e. The van der Waals surface area contributed by atoms with Crippen molar-refractivity contribution in [3.05, 3.63) is 36.0 Å². The fourth-order valence-electron chi connectivity index (χ4n) is 2.89. The first-order valence-corrected chi connectivity index (χ1v) is 7.00. The Hall–Kier alpha value is -2.30. The molecule has 0 aliphatic heterocycles. The summed E-state index contributed by atoms with van der Waals surface area (Å²) in [4.78, 5) is 23.8. The lowest BCUT2D eigenvalue weighted by molar-refractivity contribution is -0.126. The highest BCUT2D eigenvalue weighted by Crippen LogP contribution is 2.31. The van der Waals surface area contributed by atoms with E-state index in [9.17, 15) is 9.59 Å². The van der Waals surface area contributed by atoms with E-state index >= 15 is 0 Å². The first-order valence-electron chi connectivity index (χ1n) is 7.00. The van der Waals surface area contributed by atoms with Crippen molar-refractivity contribution < 1.29 is 14.3 Å². The summed E-state index contributed by atoms with van der Waals surface area (Å²) < 4.78 is 6.67. The second-order valence-electron chi connectivity index (χ2n) is 5.02. The summed E-state index contributed by atoms with van der Waals surface area (Å²) in [6.45, 7) is 3.87. The maximum absolute atomic E-state index is 12.0. The highest BCUT2D eigenvalue weighted by atomic mass is 16.5. The molecule has 0 aliphatic rings. The molecule has 1 amide bonds. The number of hydrogen-bond acceptors (Lipinski definition) is 3. The van der Waals surface area contributed by atoms with Crippen LogP contribution in [0.25, 0.3) is 10.9 Å². The van der Waals surface area contributed by atoms with Crippen molar-refractivity contribution in [2.75, 3.05) is 7.11 Å². The largest absolute Gasteiger partial charge is 0.465 e. The summed E-state index contributed by atoms with van der Waals surface area (Å²) in [7, 11) is 1.35. The monoisotopic (exact) mass is 288 g/mol. The van der Waals surface area contributed by atoms with E-state index in [1.165, 1.54) is 7.11 Å². The van der Waals surface area contributed by atoms with Crippen LogP contribution in [0, 0.1) is 0 Å². The highest BCUT2D eigenvalue weighted by molar-refractivity contribution is 6.04. The number of ether oxygens (including phenoxy) is 1. The van der Waals surface area contributed by atoms with Crippen molar-refractivity contribution in [3.8, 4) is 0 Å². The standard InChI is InChI=1S/C16H20N2O3/c1-4-16(5-2,15(17)20)18-10-9-11-12(14(19)21-3)7-6-8-13(11)18/h6-10H,4-5H2,1-3H3,(H2,17,20). The zero-order valence-corrected chi connectivity index (χ0v) is 12.6. The van der Waals surface area contributed by atoms with E-state index in [0.29, 0.717) is 18.4 Å². The quantitative estimate of drug-likeness (QED) is 0.859. The third kappa shape index (κ3) is 2.18. The Balaban J connectivity index is 2.73. The number of methoxy groups -OCH3 is 1. The summed E-state index contributed by atoms with van der Waals surface area (Å²) in [5.74, 6) is -0.760. The van der Waals surface area contributed by atoms with Crippen LogP contribution >= 0.6 is 0 Å². The molecule has 112 valence electrons. The van der Waals surface area contributed by atoms with E-state index in [4.69, 9.17) is 10.5 Å². The summed E-state index contributed by atoms with van der Waals surface area (Å²) in [6.07, 6.45) is 2.99. The Morgan fingerprint density at radius 3 is 2.43 bits per heavy atom. The zero-order valence-electron chi connectivity index (χ0n) is 12.6. The number of carbonyl (C=O) groups is 2. The number of esters is 1. The first-order chi connectivity index (χ1) is 10.0. The second-order valence-corrected chi connectivity index (χ2v) is 5.02. The van der Waals surface area contributed by atoms with E-state index in [-0.39, 0.29) is 5.91 Å². The highest BCUT2D eigenvalue weighted by Gasteiger charge is 2.35. The molecule has 0 aliphatic carbocycles. The lowest BCUT2D eigenvalue weighted by Crippen LogP contribution is -2.45. The molecule has 5 heteroatoms. The van der Waals surface area contributed by atoms with Crippen LogP contribution in [-0.2, 0) is 15.1 Å². The molecule has 0 saturated heterocycles. The van der Waals surface area contributed by atoms with E-state index in [1.807, 2.05) is 36.7 Å². The number of fused-ring (bicyclic) bond motifs is 1. The topological polar surface area (TPSA) is 74.3 Å². The SMILES string of the molecule is CCC(CC)(C(N)=O)n1ccc2c(C(=O)OC)cccc21. The lowest BCUT2D eigenvalue weighted by Gasteiger charge is -2.31. The van der Waals surface area contributed by atoms with Gasteiger partial charge in [0.05, 0.1) is 12.7 Å². The number of amides is 1. The molecule has 2 aromatic rings. The van der Waals surface area contributed by atoms with Crippen LogP contribution in [0.15, 0.2) is 30.5 Å². The van der Waals surface area contributed by atoms with Crippen molar-refractivity contribution in [1.82, 2.24) is 4.57 Å². The Morgan fingerprint density at radius 2 is 1.90 bits per heavy atom. The number of carbonyl (C=O) groups excluding carboxylic acids is 2. The third-order valence-corrected chi connectivity index (χ3v) is 4.23. The molecule has 1 aromatic carbocycles. The molecule has 0 spiro atoms. The van der Waals surface area contributed by atoms with Crippen LogP contribution in [0.1, 0.15) is 37.0 Å². The lowest BCUT2D eigenvalue weighted by atomic mass is 9.91. The van der Waals surface area contributed by atoms with Gasteiger partial charge in [0.25, 0.3) is 0 Å². The predicted octanol–water partition coefficient (Wildman–Crippen LogP) is 2.43. The Bertz CT molecular complexity index is 684. The van der Waals surface area contributed by atoms with Gasteiger partial charge in [-0.15, -0.1) is 0 Å². The van der Waals surface area contributed by atoms with Crippen LogP contribution in [0.4, 0.5) is 0 Å².